The average molecular weight is 502 g/mol. The highest BCUT2D eigenvalue weighted by molar-refractivity contribution is 9.09. The van der Waals surface area contributed by atoms with Crippen LogP contribution in [0.3, 0.4) is 0 Å². The molecule has 0 bridgehead atoms. The number of carbonyl (C=O) groups is 1. The zero-order valence-electron chi connectivity index (χ0n) is 19.7. The van der Waals surface area contributed by atoms with Crippen LogP contribution >= 0.6 is 15.9 Å². The summed E-state index contributed by atoms with van der Waals surface area (Å²) in [6, 6.07) is 14.0. The van der Waals surface area contributed by atoms with Crippen LogP contribution in [-0.4, -0.2) is 25.0 Å². The van der Waals surface area contributed by atoms with Gasteiger partial charge in [-0.3, -0.25) is 4.79 Å². The maximum Gasteiger partial charge on any atom is 0.228 e. The van der Waals surface area contributed by atoms with Gasteiger partial charge in [0.15, 0.2) is 11.5 Å². The van der Waals surface area contributed by atoms with Crippen molar-refractivity contribution in [3.8, 4) is 11.5 Å². The van der Waals surface area contributed by atoms with Crippen molar-refractivity contribution < 1.29 is 14.3 Å². The summed E-state index contributed by atoms with van der Waals surface area (Å²) < 4.78 is 11.1. The van der Waals surface area contributed by atoms with Gasteiger partial charge in [0.1, 0.15) is 0 Å². The second-order valence-electron chi connectivity index (χ2n) is 9.79. The van der Waals surface area contributed by atoms with E-state index in [0.29, 0.717) is 29.4 Å². The molecule has 32 heavy (non-hydrogen) atoms. The van der Waals surface area contributed by atoms with Gasteiger partial charge < -0.3 is 14.8 Å². The molecule has 0 saturated heterocycles. The van der Waals surface area contributed by atoms with Crippen LogP contribution in [0.5, 0.6) is 11.5 Å². The third-order valence-electron chi connectivity index (χ3n) is 6.52. The van der Waals surface area contributed by atoms with E-state index in [0.717, 1.165) is 22.5 Å². The number of benzene rings is 2. The number of ether oxygens (including phenoxy) is 2. The minimum atomic E-state index is -0.0326. The highest BCUT2D eigenvalue weighted by Gasteiger charge is 2.30. The first-order valence-corrected chi connectivity index (χ1v) is 12.7. The van der Waals surface area contributed by atoms with Gasteiger partial charge in [-0.2, -0.15) is 0 Å². The van der Waals surface area contributed by atoms with E-state index in [2.05, 4.69) is 60.2 Å². The smallest absolute Gasteiger partial charge is 0.228 e. The molecule has 0 spiro atoms. The van der Waals surface area contributed by atoms with E-state index in [1.807, 2.05) is 24.3 Å². The van der Waals surface area contributed by atoms with Crippen molar-refractivity contribution in [3.05, 3.63) is 53.6 Å². The van der Waals surface area contributed by atoms with Gasteiger partial charge in [-0.05, 0) is 78.3 Å². The molecule has 3 rings (SSSR count). The lowest BCUT2D eigenvalue weighted by Crippen LogP contribution is -2.25. The molecule has 0 heterocycles. The number of anilines is 1. The molecule has 0 aliphatic heterocycles. The van der Waals surface area contributed by atoms with Gasteiger partial charge in [0.25, 0.3) is 0 Å². The molecule has 4 nitrogen and oxygen atoms in total. The number of hydrogen-bond acceptors (Lipinski definition) is 3. The van der Waals surface area contributed by atoms with Crippen LogP contribution in [0, 0.1) is 11.3 Å². The van der Waals surface area contributed by atoms with Crippen molar-refractivity contribution in [2.75, 3.05) is 24.4 Å². The molecule has 1 saturated carbocycles. The standard InChI is InChI=1S/C27H36BrNO3/c1-27(2,3)22-11-9-20(10-12-22)21-6-5-7-23(18-21)29-26(30)17-19-8-13-24(32-15-14-28)25(16-19)31-4/h5-8,13,16,18,20,22H,9-12,14-15,17H2,1-4H3,(H,29,30). The molecule has 2 aromatic rings. The minimum Gasteiger partial charge on any atom is -0.493 e. The van der Waals surface area contributed by atoms with Crippen LogP contribution in [0.25, 0.3) is 0 Å². The lowest BCUT2D eigenvalue weighted by Gasteiger charge is -2.37. The van der Waals surface area contributed by atoms with Gasteiger partial charge in [-0.25, -0.2) is 0 Å². The molecule has 0 aromatic heterocycles. The van der Waals surface area contributed by atoms with E-state index in [1.54, 1.807) is 7.11 Å². The summed E-state index contributed by atoms with van der Waals surface area (Å²) in [5.74, 6) is 2.68. The molecule has 2 aromatic carbocycles. The Labute approximate surface area is 201 Å². The quantitative estimate of drug-likeness (QED) is 0.397. The molecule has 0 radical (unpaired) electrons. The minimum absolute atomic E-state index is 0.0326. The van der Waals surface area contributed by atoms with Crippen molar-refractivity contribution in [1.82, 2.24) is 0 Å². The molecule has 1 amide bonds. The lowest BCUT2D eigenvalue weighted by molar-refractivity contribution is -0.115. The summed E-state index contributed by atoms with van der Waals surface area (Å²) in [5.41, 5.74) is 3.49. The summed E-state index contributed by atoms with van der Waals surface area (Å²) in [6.07, 6.45) is 5.30. The molecule has 0 atom stereocenters. The summed E-state index contributed by atoms with van der Waals surface area (Å²) in [6.45, 7) is 7.62. The maximum atomic E-state index is 12.7. The predicted octanol–water partition coefficient (Wildman–Crippen LogP) is 6.97. The van der Waals surface area contributed by atoms with Gasteiger partial charge in [-0.15, -0.1) is 0 Å². The molecule has 5 heteroatoms. The maximum absolute atomic E-state index is 12.7. The number of methoxy groups -OCH3 is 1. The summed E-state index contributed by atoms with van der Waals surface area (Å²) in [5, 5.41) is 3.82. The fourth-order valence-electron chi connectivity index (χ4n) is 4.64. The Kier molecular flexibility index (Phi) is 8.64. The Balaban J connectivity index is 1.59. The van der Waals surface area contributed by atoms with Crippen LogP contribution in [0.4, 0.5) is 5.69 Å². The third kappa shape index (κ3) is 6.74. The zero-order chi connectivity index (χ0) is 23.1. The lowest BCUT2D eigenvalue weighted by atomic mass is 9.68. The topological polar surface area (TPSA) is 47.6 Å². The Hall–Kier alpha value is -2.01. The number of rotatable bonds is 8. The molecule has 1 N–H and O–H groups in total. The number of nitrogens with one attached hydrogen (secondary N) is 1. The molecule has 0 unspecified atom stereocenters. The van der Waals surface area contributed by atoms with Gasteiger partial charge in [0.2, 0.25) is 5.91 Å². The van der Waals surface area contributed by atoms with Crippen molar-refractivity contribution >= 4 is 27.5 Å². The van der Waals surface area contributed by atoms with Crippen LogP contribution in [0.2, 0.25) is 0 Å². The van der Waals surface area contributed by atoms with E-state index in [-0.39, 0.29) is 12.3 Å². The summed E-state index contributed by atoms with van der Waals surface area (Å²) >= 11 is 3.35. The fourth-order valence-corrected chi connectivity index (χ4v) is 4.81. The average Bonchev–Trinajstić information content (AvgIpc) is 2.77. The molecular formula is C27H36BrNO3. The van der Waals surface area contributed by atoms with Crippen molar-refractivity contribution in [2.45, 2.75) is 58.8 Å². The number of hydrogen-bond donors (Lipinski definition) is 1. The number of amides is 1. The number of alkyl halides is 1. The number of halogens is 1. The first-order valence-electron chi connectivity index (χ1n) is 11.6. The highest BCUT2D eigenvalue weighted by Crippen LogP contribution is 2.43. The Morgan fingerprint density at radius 2 is 1.81 bits per heavy atom. The van der Waals surface area contributed by atoms with Gasteiger partial charge >= 0.3 is 0 Å². The van der Waals surface area contributed by atoms with Gasteiger partial charge in [0.05, 0.1) is 20.1 Å². The SMILES string of the molecule is COc1cc(CC(=O)Nc2cccc(C3CCC(C(C)(C)C)CC3)c2)ccc1OCCBr. The fraction of sp³-hybridized carbons (Fsp3) is 0.519. The third-order valence-corrected chi connectivity index (χ3v) is 6.84. The molecular weight excluding hydrogens is 466 g/mol. The molecule has 1 aliphatic rings. The highest BCUT2D eigenvalue weighted by atomic mass is 79.9. The Bertz CT molecular complexity index is 898. The van der Waals surface area contributed by atoms with Crippen LogP contribution in [-0.2, 0) is 11.2 Å². The molecule has 1 aliphatic carbocycles. The largest absolute Gasteiger partial charge is 0.493 e. The zero-order valence-corrected chi connectivity index (χ0v) is 21.3. The Morgan fingerprint density at radius 3 is 2.47 bits per heavy atom. The van der Waals surface area contributed by atoms with E-state index in [9.17, 15) is 4.79 Å². The second kappa shape index (κ2) is 11.2. The first-order chi connectivity index (χ1) is 15.3. The molecule has 174 valence electrons. The van der Waals surface area contributed by atoms with Crippen LogP contribution in [0.1, 0.15) is 63.5 Å². The van der Waals surface area contributed by atoms with E-state index < -0.39 is 0 Å². The normalized spacial score (nSPS) is 18.8. The van der Waals surface area contributed by atoms with E-state index >= 15 is 0 Å². The van der Waals surface area contributed by atoms with Crippen LogP contribution < -0.4 is 14.8 Å². The number of carbonyl (C=O) groups excluding carboxylic acids is 1. The summed E-state index contributed by atoms with van der Waals surface area (Å²) in [4.78, 5) is 12.7. The Morgan fingerprint density at radius 1 is 1.06 bits per heavy atom. The van der Waals surface area contributed by atoms with Gasteiger partial charge in [0, 0.05) is 11.0 Å². The van der Waals surface area contributed by atoms with E-state index in [1.165, 1.54) is 31.2 Å². The molecule has 1 fully saturated rings. The summed E-state index contributed by atoms with van der Waals surface area (Å²) in [7, 11) is 1.61. The second-order valence-corrected chi connectivity index (χ2v) is 10.6. The van der Waals surface area contributed by atoms with Gasteiger partial charge in [-0.1, -0.05) is 54.9 Å². The van der Waals surface area contributed by atoms with E-state index in [4.69, 9.17) is 9.47 Å². The van der Waals surface area contributed by atoms with Crippen molar-refractivity contribution in [2.24, 2.45) is 11.3 Å². The van der Waals surface area contributed by atoms with Crippen molar-refractivity contribution in [1.29, 1.82) is 0 Å². The first kappa shape index (κ1) is 24.6. The van der Waals surface area contributed by atoms with Crippen molar-refractivity contribution in [3.63, 3.8) is 0 Å². The monoisotopic (exact) mass is 501 g/mol. The van der Waals surface area contributed by atoms with Crippen LogP contribution in [0.15, 0.2) is 42.5 Å². The predicted molar refractivity (Wildman–Crippen MR) is 135 cm³/mol.